The van der Waals surface area contributed by atoms with Crippen molar-refractivity contribution in [2.24, 2.45) is 5.73 Å². The van der Waals surface area contributed by atoms with Gasteiger partial charge in [-0.2, -0.15) is 0 Å². The van der Waals surface area contributed by atoms with E-state index in [1.165, 1.54) is 0 Å². The lowest BCUT2D eigenvalue weighted by atomic mass is 10.3. The van der Waals surface area contributed by atoms with Crippen molar-refractivity contribution in [3.63, 3.8) is 0 Å². The molecule has 0 heterocycles. The molecule has 3 heteroatoms. The Bertz CT molecular complexity index is 213. The maximum absolute atomic E-state index is 5.71. The Balaban J connectivity index is 2.33. The van der Waals surface area contributed by atoms with Gasteiger partial charge in [-0.25, -0.2) is 0 Å². The molecular formula is C9H13N2Si. The minimum absolute atomic E-state index is 0.168. The van der Waals surface area contributed by atoms with Crippen LogP contribution in [0.15, 0.2) is 30.3 Å². The number of benzene rings is 1. The number of rotatable bonds is 4. The van der Waals surface area contributed by atoms with E-state index in [-0.39, 0.29) is 6.04 Å². The van der Waals surface area contributed by atoms with E-state index in [1.807, 2.05) is 30.3 Å². The molecule has 0 spiro atoms. The van der Waals surface area contributed by atoms with Gasteiger partial charge in [0.15, 0.2) is 0 Å². The summed E-state index contributed by atoms with van der Waals surface area (Å²) in [6.07, 6.45) is 0. The Labute approximate surface area is 76.6 Å². The van der Waals surface area contributed by atoms with Crippen molar-refractivity contribution in [1.29, 1.82) is 0 Å². The predicted molar refractivity (Wildman–Crippen MR) is 53.5 cm³/mol. The Hall–Kier alpha value is -0.803. The molecule has 2 nitrogen and oxygen atoms in total. The van der Waals surface area contributed by atoms with Crippen LogP contribution in [0, 0.1) is 0 Å². The quantitative estimate of drug-likeness (QED) is 0.674. The van der Waals surface area contributed by atoms with Crippen LogP contribution in [-0.4, -0.2) is 22.8 Å². The first-order valence-corrected chi connectivity index (χ1v) is 4.72. The van der Waals surface area contributed by atoms with E-state index in [0.717, 1.165) is 18.3 Å². The highest BCUT2D eigenvalue weighted by molar-refractivity contribution is 6.08. The molecule has 0 saturated carbocycles. The Kier molecular flexibility index (Phi) is 3.83. The molecule has 1 unspecified atom stereocenters. The summed E-state index contributed by atoms with van der Waals surface area (Å²) in [4.78, 5) is 0. The van der Waals surface area contributed by atoms with Gasteiger partial charge in [0.05, 0.1) is 0 Å². The van der Waals surface area contributed by atoms with Crippen molar-refractivity contribution in [2.45, 2.75) is 12.1 Å². The molecule has 1 aromatic rings. The molecular weight excluding hydrogens is 164 g/mol. The first-order valence-electron chi connectivity index (χ1n) is 4.02. The third kappa shape index (κ3) is 3.07. The molecule has 0 aliphatic heterocycles. The van der Waals surface area contributed by atoms with Crippen LogP contribution < -0.4 is 11.1 Å². The maximum atomic E-state index is 5.71. The highest BCUT2D eigenvalue weighted by Crippen LogP contribution is 2.04. The van der Waals surface area contributed by atoms with Gasteiger partial charge in [0.1, 0.15) is 0 Å². The molecule has 0 amide bonds. The molecule has 3 radical (unpaired) electrons. The van der Waals surface area contributed by atoms with Crippen molar-refractivity contribution in [2.75, 3.05) is 11.9 Å². The van der Waals surface area contributed by atoms with E-state index in [9.17, 15) is 0 Å². The number of anilines is 1. The summed E-state index contributed by atoms with van der Waals surface area (Å²) in [5.74, 6) is 0. The van der Waals surface area contributed by atoms with E-state index < -0.39 is 0 Å². The molecule has 1 aromatic carbocycles. The van der Waals surface area contributed by atoms with Gasteiger partial charge in [-0.1, -0.05) is 18.2 Å². The summed E-state index contributed by atoms with van der Waals surface area (Å²) in [5, 5.41) is 3.24. The van der Waals surface area contributed by atoms with Crippen LogP contribution in [0.1, 0.15) is 0 Å². The van der Waals surface area contributed by atoms with Gasteiger partial charge in [0.2, 0.25) is 0 Å². The van der Waals surface area contributed by atoms with Crippen LogP contribution in [0.3, 0.4) is 0 Å². The predicted octanol–water partition coefficient (Wildman–Crippen LogP) is 1.01. The van der Waals surface area contributed by atoms with Gasteiger partial charge in [0, 0.05) is 28.5 Å². The molecule has 12 heavy (non-hydrogen) atoms. The third-order valence-corrected chi connectivity index (χ3v) is 2.13. The smallest absolute Gasteiger partial charge is 0.0340 e. The van der Waals surface area contributed by atoms with Crippen molar-refractivity contribution in [1.82, 2.24) is 0 Å². The van der Waals surface area contributed by atoms with E-state index in [1.54, 1.807) is 0 Å². The normalized spacial score (nSPS) is 12.5. The fourth-order valence-corrected chi connectivity index (χ4v) is 1.02. The summed E-state index contributed by atoms with van der Waals surface area (Å²) in [7, 11) is 3.37. The maximum Gasteiger partial charge on any atom is 0.0340 e. The third-order valence-electron chi connectivity index (χ3n) is 1.60. The summed E-state index contributed by atoms with van der Waals surface area (Å²) in [6, 6.07) is 11.0. The number of nitrogens with one attached hydrogen (secondary N) is 1. The van der Waals surface area contributed by atoms with Crippen LogP contribution in [0.5, 0.6) is 0 Å². The molecule has 3 N–H and O–H groups in total. The lowest BCUT2D eigenvalue weighted by molar-refractivity contribution is 0.779. The summed E-state index contributed by atoms with van der Waals surface area (Å²) in [5.41, 5.74) is 6.83. The average Bonchev–Trinajstić information content (AvgIpc) is 2.16. The molecule has 0 saturated heterocycles. The second-order valence-electron chi connectivity index (χ2n) is 2.71. The van der Waals surface area contributed by atoms with Crippen molar-refractivity contribution in [3.05, 3.63) is 30.3 Å². The first kappa shape index (κ1) is 9.29. The van der Waals surface area contributed by atoms with E-state index in [2.05, 4.69) is 15.6 Å². The van der Waals surface area contributed by atoms with Crippen molar-refractivity contribution < 1.29 is 0 Å². The number of nitrogens with two attached hydrogens (primary N) is 1. The number of hydrogen-bond acceptors (Lipinski definition) is 2. The number of hydrogen-bond donors (Lipinski definition) is 2. The average molecular weight is 177 g/mol. The van der Waals surface area contributed by atoms with Crippen LogP contribution in [0.25, 0.3) is 0 Å². The molecule has 63 valence electrons. The standard InChI is InChI=1S/C9H13N2Si/c10-8(7-12)6-11-9-4-2-1-3-5-9/h1-5,8,11H,6-7,10H2. The van der Waals surface area contributed by atoms with Crippen LogP contribution in [0.2, 0.25) is 6.04 Å². The highest BCUT2D eigenvalue weighted by atomic mass is 28.1. The summed E-state index contributed by atoms with van der Waals surface area (Å²) >= 11 is 0. The molecule has 1 rings (SSSR count). The SMILES string of the molecule is NC(C[Si])CNc1ccccc1. The monoisotopic (exact) mass is 177 g/mol. The number of para-hydroxylation sites is 1. The summed E-state index contributed by atoms with van der Waals surface area (Å²) < 4.78 is 0. The van der Waals surface area contributed by atoms with Crippen LogP contribution in [-0.2, 0) is 0 Å². The second-order valence-corrected chi connectivity index (χ2v) is 3.12. The molecule has 0 fully saturated rings. The molecule has 1 atom stereocenters. The zero-order chi connectivity index (χ0) is 8.81. The van der Waals surface area contributed by atoms with Crippen LogP contribution >= 0.6 is 0 Å². The molecule has 0 bridgehead atoms. The Morgan fingerprint density at radius 3 is 2.58 bits per heavy atom. The fraction of sp³-hybridized carbons (Fsp3) is 0.333. The van der Waals surface area contributed by atoms with Gasteiger partial charge in [-0.05, 0) is 18.2 Å². The Morgan fingerprint density at radius 1 is 1.33 bits per heavy atom. The topological polar surface area (TPSA) is 38.0 Å². The van der Waals surface area contributed by atoms with Gasteiger partial charge >= 0.3 is 0 Å². The lowest BCUT2D eigenvalue weighted by Crippen LogP contribution is -2.28. The van der Waals surface area contributed by atoms with Gasteiger partial charge in [-0.3, -0.25) is 0 Å². The fourth-order valence-electron chi connectivity index (χ4n) is 0.877. The minimum atomic E-state index is 0.168. The van der Waals surface area contributed by atoms with Gasteiger partial charge in [0.25, 0.3) is 0 Å². The molecule has 0 aliphatic carbocycles. The van der Waals surface area contributed by atoms with E-state index in [0.29, 0.717) is 0 Å². The first-order chi connectivity index (χ1) is 5.83. The van der Waals surface area contributed by atoms with E-state index >= 15 is 0 Å². The van der Waals surface area contributed by atoms with Gasteiger partial charge < -0.3 is 11.1 Å². The van der Waals surface area contributed by atoms with Crippen molar-refractivity contribution >= 4 is 15.9 Å². The molecule has 0 aromatic heterocycles. The summed E-state index contributed by atoms with van der Waals surface area (Å²) in [6.45, 7) is 0.799. The lowest BCUT2D eigenvalue weighted by Gasteiger charge is -2.10. The minimum Gasteiger partial charge on any atom is -0.384 e. The van der Waals surface area contributed by atoms with E-state index in [4.69, 9.17) is 5.73 Å². The van der Waals surface area contributed by atoms with Gasteiger partial charge in [-0.15, -0.1) is 0 Å². The zero-order valence-corrected chi connectivity index (χ0v) is 7.96. The highest BCUT2D eigenvalue weighted by Gasteiger charge is 1.96. The Morgan fingerprint density at radius 2 is 2.00 bits per heavy atom. The van der Waals surface area contributed by atoms with Crippen LogP contribution in [0.4, 0.5) is 5.69 Å². The molecule has 0 aliphatic rings. The van der Waals surface area contributed by atoms with Crippen molar-refractivity contribution in [3.8, 4) is 0 Å². The second kappa shape index (κ2) is 4.95. The zero-order valence-electron chi connectivity index (χ0n) is 6.96. The largest absolute Gasteiger partial charge is 0.384 e.